The van der Waals surface area contributed by atoms with E-state index < -0.39 is 97.5 Å². The zero-order valence-electron chi connectivity index (χ0n) is 50.3. The van der Waals surface area contributed by atoms with Crippen LogP contribution >= 0.6 is 15.6 Å². The number of rotatable bonds is 56. The van der Waals surface area contributed by atoms with E-state index >= 15 is 0 Å². The molecule has 0 aliphatic heterocycles. The van der Waals surface area contributed by atoms with Gasteiger partial charge < -0.3 is 33.8 Å². The van der Waals surface area contributed by atoms with E-state index in [2.05, 4.69) is 55.4 Å². The van der Waals surface area contributed by atoms with Crippen molar-refractivity contribution in [3.63, 3.8) is 0 Å². The van der Waals surface area contributed by atoms with Crippen molar-refractivity contribution in [3.8, 4) is 0 Å². The molecule has 0 saturated carbocycles. The van der Waals surface area contributed by atoms with Crippen molar-refractivity contribution < 1.29 is 80.2 Å². The number of phosphoric acid groups is 2. The van der Waals surface area contributed by atoms with Crippen molar-refractivity contribution in [2.45, 2.75) is 292 Å². The van der Waals surface area contributed by atoms with Crippen LogP contribution in [0.15, 0.2) is 0 Å². The Morgan fingerprint density at radius 2 is 0.538 bits per heavy atom. The van der Waals surface area contributed by atoms with E-state index in [-0.39, 0.29) is 25.7 Å². The molecule has 0 aliphatic rings. The smallest absolute Gasteiger partial charge is 0.462 e. The summed E-state index contributed by atoms with van der Waals surface area (Å²) in [4.78, 5) is 71.8. The fourth-order valence-corrected chi connectivity index (χ4v) is 10.1. The van der Waals surface area contributed by atoms with Crippen LogP contribution in [0.2, 0.25) is 0 Å². The molecule has 0 amide bonds. The third-order valence-electron chi connectivity index (χ3n) is 13.3. The molecule has 0 radical (unpaired) electrons. The number of carbonyl (C=O) groups is 4. The predicted octanol–water partition coefficient (Wildman–Crippen LogP) is 15.4. The fourth-order valence-electron chi connectivity index (χ4n) is 8.55. The molecule has 2 unspecified atom stereocenters. The lowest BCUT2D eigenvalue weighted by atomic mass is 10.0. The lowest BCUT2D eigenvalue weighted by Crippen LogP contribution is -2.30. The van der Waals surface area contributed by atoms with Crippen LogP contribution in [0.1, 0.15) is 274 Å². The van der Waals surface area contributed by atoms with E-state index in [4.69, 9.17) is 37.0 Å². The van der Waals surface area contributed by atoms with Crippen LogP contribution in [0.4, 0.5) is 0 Å². The first-order valence-corrected chi connectivity index (χ1v) is 33.7. The van der Waals surface area contributed by atoms with Gasteiger partial charge in [-0.2, -0.15) is 0 Å². The second-order valence-electron chi connectivity index (χ2n) is 23.3. The summed E-state index contributed by atoms with van der Waals surface area (Å²) in [5.74, 6) is 0.596. The van der Waals surface area contributed by atoms with E-state index in [1.54, 1.807) is 0 Å². The van der Waals surface area contributed by atoms with Gasteiger partial charge in [0.15, 0.2) is 12.2 Å². The number of aliphatic hydroxyl groups is 1. The van der Waals surface area contributed by atoms with Crippen molar-refractivity contribution in [3.05, 3.63) is 0 Å². The summed E-state index contributed by atoms with van der Waals surface area (Å²) < 4.78 is 67.7. The Hall–Kier alpha value is -1.94. The number of ether oxygens (including phenoxy) is 4. The summed E-state index contributed by atoms with van der Waals surface area (Å²) >= 11 is 0. The highest BCUT2D eigenvalue weighted by Crippen LogP contribution is 2.45. The number of hydrogen-bond acceptors (Lipinski definition) is 15. The SMILES string of the molecule is CC(C)CCCCCCCCCC(=O)OC[C@H](COP(=O)(O)OC[C@@H](O)COP(=O)(O)OC[C@@H](COC(=O)CCCCCCCCC(C)C)OC(=O)CCCCCCCCC(C)C)OC(=O)CCCCCCCCCC(C)C. The second-order valence-corrected chi connectivity index (χ2v) is 26.2. The van der Waals surface area contributed by atoms with Crippen LogP contribution in [-0.4, -0.2) is 96.7 Å². The van der Waals surface area contributed by atoms with Crippen LogP contribution in [0, 0.1) is 23.7 Å². The highest BCUT2D eigenvalue weighted by molar-refractivity contribution is 7.47. The first-order valence-electron chi connectivity index (χ1n) is 30.7. The van der Waals surface area contributed by atoms with Gasteiger partial charge in [0.1, 0.15) is 19.3 Å². The standard InChI is InChI=1S/C59H114O17P2/c1-49(2)35-27-19-11-9-13-23-31-39-56(61)69-45-54(75-58(63)41-33-25-14-10-12-20-28-36-50(3)4)47-73-77(65,66)71-43-53(60)44-72-78(67,68)74-48-55(76-59(64)42-34-26-18-16-22-30-38-52(7)8)46-70-57(62)40-32-24-17-15-21-29-37-51(5)6/h49-55,60H,9-48H2,1-8H3,(H,65,66)(H,67,68)/t53-,54-,55-/m1/s1. The largest absolute Gasteiger partial charge is 0.472 e. The lowest BCUT2D eigenvalue weighted by molar-refractivity contribution is -0.161. The molecule has 0 fully saturated rings. The Kier molecular flexibility index (Phi) is 48.4. The van der Waals surface area contributed by atoms with Crippen LogP contribution < -0.4 is 0 Å². The van der Waals surface area contributed by atoms with Crippen LogP contribution in [-0.2, 0) is 65.4 Å². The minimum Gasteiger partial charge on any atom is -0.462 e. The van der Waals surface area contributed by atoms with Crippen molar-refractivity contribution in [2.75, 3.05) is 39.6 Å². The van der Waals surface area contributed by atoms with Crippen LogP contribution in [0.3, 0.4) is 0 Å². The summed E-state index contributed by atoms with van der Waals surface area (Å²) in [6.07, 6.45) is 27.1. The average molecular weight is 1160 g/mol. The van der Waals surface area contributed by atoms with E-state index in [9.17, 15) is 43.2 Å². The molecule has 0 aromatic rings. The fraction of sp³-hybridized carbons (Fsp3) is 0.932. The molecule has 0 aliphatic carbocycles. The summed E-state index contributed by atoms with van der Waals surface area (Å²) in [7, 11) is -9.88. The van der Waals surface area contributed by atoms with Crippen molar-refractivity contribution >= 4 is 39.5 Å². The maximum atomic E-state index is 12.9. The van der Waals surface area contributed by atoms with Gasteiger partial charge in [0.05, 0.1) is 26.4 Å². The molecule has 0 rings (SSSR count). The van der Waals surface area contributed by atoms with Gasteiger partial charge >= 0.3 is 39.5 Å². The second kappa shape index (κ2) is 49.7. The molecular weight excluding hydrogens is 1040 g/mol. The first kappa shape index (κ1) is 76.1. The van der Waals surface area contributed by atoms with Crippen molar-refractivity contribution in [1.29, 1.82) is 0 Å². The molecule has 19 heteroatoms. The molecular formula is C59H114O17P2. The zero-order valence-corrected chi connectivity index (χ0v) is 52.1. The molecule has 0 heterocycles. The Morgan fingerprint density at radius 1 is 0.321 bits per heavy atom. The predicted molar refractivity (Wildman–Crippen MR) is 307 cm³/mol. The highest BCUT2D eigenvalue weighted by Gasteiger charge is 2.30. The third kappa shape index (κ3) is 53.4. The topological polar surface area (TPSA) is 237 Å². The van der Waals surface area contributed by atoms with E-state index in [1.807, 2.05) is 0 Å². The van der Waals surface area contributed by atoms with Gasteiger partial charge in [-0.05, 0) is 49.4 Å². The van der Waals surface area contributed by atoms with Gasteiger partial charge in [0.25, 0.3) is 0 Å². The van der Waals surface area contributed by atoms with Gasteiger partial charge in [0.2, 0.25) is 0 Å². The maximum Gasteiger partial charge on any atom is 0.472 e. The average Bonchev–Trinajstić information content (AvgIpc) is 3.36. The number of unbranched alkanes of at least 4 members (excludes halogenated alkanes) is 22. The Bertz CT molecular complexity index is 1580. The van der Waals surface area contributed by atoms with E-state index in [0.717, 1.165) is 103 Å². The monoisotopic (exact) mass is 1160 g/mol. The summed E-state index contributed by atoms with van der Waals surface area (Å²) in [6.45, 7) is 13.7. The minimum absolute atomic E-state index is 0.100. The van der Waals surface area contributed by atoms with Crippen LogP contribution in [0.5, 0.6) is 0 Å². The number of esters is 4. The Morgan fingerprint density at radius 3 is 0.795 bits per heavy atom. The molecule has 0 aromatic heterocycles. The van der Waals surface area contributed by atoms with Gasteiger partial charge in [-0.1, -0.05) is 222 Å². The lowest BCUT2D eigenvalue weighted by Gasteiger charge is -2.21. The molecule has 0 spiro atoms. The molecule has 0 saturated heterocycles. The highest BCUT2D eigenvalue weighted by atomic mass is 31.2. The third-order valence-corrected chi connectivity index (χ3v) is 15.2. The van der Waals surface area contributed by atoms with Crippen molar-refractivity contribution in [2.24, 2.45) is 23.7 Å². The van der Waals surface area contributed by atoms with Crippen LogP contribution in [0.25, 0.3) is 0 Å². The molecule has 17 nitrogen and oxygen atoms in total. The summed E-state index contributed by atoms with van der Waals surface area (Å²) in [5, 5.41) is 10.5. The van der Waals surface area contributed by atoms with E-state index in [1.165, 1.54) is 64.2 Å². The molecule has 78 heavy (non-hydrogen) atoms. The number of carbonyl (C=O) groups excluding carboxylic acids is 4. The summed E-state index contributed by atoms with van der Waals surface area (Å²) in [5.41, 5.74) is 0. The Labute approximate surface area is 473 Å². The first-order chi connectivity index (χ1) is 37.1. The minimum atomic E-state index is -4.94. The Balaban J connectivity index is 5.24. The molecule has 0 aromatic carbocycles. The maximum absolute atomic E-state index is 12.9. The quantitative estimate of drug-likeness (QED) is 0.0222. The molecule has 3 N–H and O–H groups in total. The molecule has 462 valence electrons. The summed E-state index contributed by atoms with van der Waals surface area (Å²) in [6, 6.07) is 0. The number of hydrogen-bond donors (Lipinski definition) is 3. The van der Waals surface area contributed by atoms with Gasteiger partial charge in [-0.15, -0.1) is 0 Å². The zero-order chi connectivity index (χ0) is 58.3. The number of phosphoric ester groups is 2. The molecule has 0 bridgehead atoms. The van der Waals surface area contributed by atoms with Crippen molar-refractivity contribution in [1.82, 2.24) is 0 Å². The van der Waals surface area contributed by atoms with E-state index in [0.29, 0.717) is 49.4 Å². The molecule has 5 atom stereocenters. The number of aliphatic hydroxyl groups excluding tert-OH is 1. The van der Waals surface area contributed by atoms with Gasteiger partial charge in [-0.3, -0.25) is 37.3 Å². The van der Waals surface area contributed by atoms with Gasteiger partial charge in [-0.25, -0.2) is 9.13 Å². The van der Waals surface area contributed by atoms with Gasteiger partial charge in [0, 0.05) is 25.7 Å². The normalized spacial score (nSPS) is 14.6.